The third kappa shape index (κ3) is 3.68. The number of sulfonamides is 1. The number of benzene rings is 1. The molecule has 1 aromatic carbocycles. The highest BCUT2D eigenvalue weighted by molar-refractivity contribution is 14.1. The Morgan fingerprint density at radius 3 is 2.77 bits per heavy atom. The molecule has 0 aliphatic rings. The van der Waals surface area contributed by atoms with Crippen LogP contribution in [-0.2, 0) is 14.8 Å². The molecule has 2 heterocycles. The van der Waals surface area contributed by atoms with E-state index in [1.807, 2.05) is 22.6 Å². The summed E-state index contributed by atoms with van der Waals surface area (Å²) in [6.45, 7) is 1.60. The Balaban J connectivity index is 2.07. The van der Waals surface area contributed by atoms with Gasteiger partial charge in [-0.25, -0.2) is 15.0 Å². The van der Waals surface area contributed by atoms with E-state index < -0.39 is 15.2 Å². The Morgan fingerprint density at radius 2 is 2.08 bits per heavy atom. The second-order valence-electron chi connectivity index (χ2n) is 5.01. The van der Waals surface area contributed by atoms with E-state index in [4.69, 9.17) is 11.6 Å². The Kier molecular flexibility index (Phi) is 5.20. The molecule has 2 aromatic heterocycles. The lowest BCUT2D eigenvalue weighted by atomic mass is 10.3. The summed E-state index contributed by atoms with van der Waals surface area (Å²) in [6, 6.07) is 6.48. The van der Waals surface area contributed by atoms with Gasteiger partial charge in [-0.15, -0.1) is 0 Å². The quantitative estimate of drug-likeness (QED) is 0.321. The first-order valence-electron chi connectivity index (χ1n) is 6.99. The minimum Gasteiger partial charge on any atom is -0.276 e. The van der Waals surface area contributed by atoms with Crippen molar-refractivity contribution in [1.82, 2.24) is 24.7 Å². The van der Waals surface area contributed by atoms with E-state index in [0.29, 0.717) is 15.7 Å². The SMILES string of the molecule is Cc1cc(-c2ncnn2C=O)nc(S(=O)(=O)Nc2c(Cl)cccc2I)n1. The van der Waals surface area contributed by atoms with Gasteiger partial charge in [-0.1, -0.05) is 17.7 Å². The fraction of sp³-hybridized carbons (Fsp3) is 0.0714. The molecule has 26 heavy (non-hydrogen) atoms. The van der Waals surface area contributed by atoms with Crippen LogP contribution in [0, 0.1) is 10.5 Å². The molecule has 0 unspecified atom stereocenters. The van der Waals surface area contributed by atoms with E-state index in [1.54, 1.807) is 25.1 Å². The fourth-order valence-electron chi connectivity index (χ4n) is 2.06. The van der Waals surface area contributed by atoms with Crippen molar-refractivity contribution in [2.75, 3.05) is 4.72 Å². The van der Waals surface area contributed by atoms with E-state index in [9.17, 15) is 13.2 Å². The van der Waals surface area contributed by atoms with Crippen LogP contribution < -0.4 is 4.72 Å². The smallest absolute Gasteiger partial charge is 0.276 e. The van der Waals surface area contributed by atoms with E-state index in [1.165, 1.54) is 12.4 Å². The first kappa shape index (κ1) is 18.7. The summed E-state index contributed by atoms with van der Waals surface area (Å²) in [5.74, 6) is 0.106. The molecule has 0 aliphatic carbocycles. The number of carbonyl (C=O) groups excluding carboxylic acids is 1. The van der Waals surface area contributed by atoms with Gasteiger partial charge in [-0.05, 0) is 47.7 Å². The third-order valence-electron chi connectivity index (χ3n) is 3.18. The summed E-state index contributed by atoms with van der Waals surface area (Å²) in [6.07, 6.45) is 1.61. The number of aryl methyl sites for hydroxylation is 1. The standard InChI is InChI=1S/C14H10ClIN6O3S/c1-8-5-11(13-17-6-18-22(13)7-23)20-14(19-8)26(24,25)21-12-9(15)3-2-4-10(12)16/h2-7,21H,1H3. The maximum absolute atomic E-state index is 12.7. The van der Waals surface area contributed by atoms with Crippen LogP contribution in [0.5, 0.6) is 0 Å². The van der Waals surface area contributed by atoms with Crippen LogP contribution in [-0.4, -0.2) is 39.6 Å². The van der Waals surface area contributed by atoms with E-state index in [0.717, 1.165) is 4.68 Å². The van der Waals surface area contributed by atoms with Crippen molar-refractivity contribution in [3.05, 3.63) is 44.9 Å². The number of aromatic nitrogens is 5. The molecular formula is C14H10ClIN6O3S. The molecule has 3 aromatic rings. The lowest BCUT2D eigenvalue weighted by Crippen LogP contribution is -2.18. The molecule has 0 aliphatic heterocycles. The van der Waals surface area contributed by atoms with Gasteiger partial charge in [0.15, 0.2) is 5.82 Å². The summed E-state index contributed by atoms with van der Waals surface area (Å²) >= 11 is 8.04. The molecule has 0 radical (unpaired) electrons. The molecule has 0 fully saturated rings. The Morgan fingerprint density at radius 1 is 1.31 bits per heavy atom. The van der Waals surface area contributed by atoms with Gasteiger partial charge < -0.3 is 0 Å². The van der Waals surface area contributed by atoms with Crippen molar-refractivity contribution in [1.29, 1.82) is 0 Å². The van der Waals surface area contributed by atoms with Crippen LogP contribution in [0.4, 0.5) is 5.69 Å². The zero-order chi connectivity index (χ0) is 18.9. The molecule has 3 rings (SSSR count). The van der Waals surface area contributed by atoms with Crippen LogP contribution in [0.25, 0.3) is 11.5 Å². The van der Waals surface area contributed by atoms with Crippen LogP contribution in [0.15, 0.2) is 35.7 Å². The first-order valence-corrected chi connectivity index (χ1v) is 9.93. The van der Waals surface area contributed by atoms with Crippen molar-refractivity contribution < 1.29 is 13.2 Å². The lowest BCUT2D eigenvalue weighted by molar-refractivity contribution is 0.541. The molecule has 9 nitrogen and oxygen atoms in total. The zero-order valence-electron chi connectivity index (χ0n) is 13.1. The van der Waals surface area contributed by atoms with Crippen molar-refractivity contribution in [2.24, 2.45) is 0 Å². The Hall–Kier alpha value is -2.12. The fourth-order valence-corrected chi connectivity index (χ4v) is 4.38. The van der Waals surface area contributed by atoms with Gasteiger partial charge in [-0.2, -0.15) is 18.2 Å². The minimum absolute atomic E-state index is 0.106. The summed E-state index contributed by atoms with van der Waals surface area (Å²) in [4.78, 5) is 22.9. The zero-order valence-corrected chi connectivity index (χ0v) is 16.8. The summed E-state index contributed by atoms with van der Waals surface area (Å²) in [7, 11) is -4.12. The van der Waals surface area contributed by atoms with Gasteiger partial charge >= 0.3 is 0 Å². The highest BCUT2D eigenvalue weighted by atomic mass is 127. The predicted molar refractivity (Wildman–Crippen MR) is 103 cm³/mol. The summed E-state index contributed by atoms with van der Waals surface area (Å²) < 4.78 is 29.4. The number of carbonyl (C=O) groups is 1. The Labute approximate surface area is 167 Å². The average Bonchev–Trinajstić information content (AvgIpc) is 3.06. The average molecular weight is 505 g/mol. The first-order chi connectivity index (χ1) is 12.3. The second-order valence-corrected chi connectivity index (χ2v) is 8.16. The van der Waals surface area contributed by atoms with E-state index in [2.05, 4.69) is 24.8 Å². The monoisotopic (exact) mass is 504 g/mol. The van der Waals surface area contributed by atoms with Gasteiger partial charge in [0.1, 0.15) is 12.0 Å². The number of halogens is 2. The van der Waals surface area contributed by atoms with Gasteiger partial charge in [0, 0.05) is 9.26 Å². The molecule has 0 saturated carbocycles. The van der Waals surface area contributed by atoms with Crippen molar-refractivity contribution in [2.45, 2.75) is 12.1 Å². The molecule has 1 N–H and O–H groups in total. The topological polar surface area (TPSA) is 120 Å². The number of para-hydroxylation sites is 1. The number of nitrogens with one attached hydrogen (secondary N) is 1. The predicted octanol–water partition coefficient (Wildman–Crippen LogP) is 2.14. The van der Waals surface area contributed by atoms with Crippen LogP contribution >= 0.6 is 34.2 Å². The Bertz CT molecular complexity index is 1080. The highest BCUT2D eigenvalue weighted by Crippen LogP contribution is 2.29. The van der Waals surface area contributed by atoms with Crippen molar-refractivity contribution >= 4 is 56.3 Å². The molecule has 0 bridgehead atoms. The third-order valence-corrected chi connectivity index (χ3v) is 5.53. The summed E-state index contributed by atoms with van der Waals surface area (Å²) in [5.41, 5.74) is 0.762. The number of rotatable bonds is 5. The minimum atomic E-state index is -4.12. The molecule has 0 saturated heterocycles. The normalized spacial score (nSPS) is 11.3. The highest BCUT2D eigenvalue weighted by Gasteiger charge is 2.23. The summed E-state index contributed by atoms with van der Waals surface area (Å²) in [5, 5.41) is 3.49. The largest absolute Gasteiger partial charge is 0.297 e. The molecule has 0 amide bonds. The molecule has 134 valence electrons. The van der Waals surface area contributed by atoms with E-state index in [-0.39, 0.29) is 22.2 Å². The number of nitrogens with zero attached hydrogens (tertiary/aromatic N) is 5. The van der Waals surface area contributed by atoms with Crippen molar-refractivity contribution in [3.8, 4) is 11.5 Å². The van der Waals surface area contributed by atoms with Gasteiger partial charge in [-0.3, -0.25) is 9.52 Å². The number of hydrogen-bond acceptors (Lipinski definition) is 7. The maximum Gasteiger partial charge on any atom is 0.297 e. The van der Waals surface area contributed by atoms with Gasteiger partial charge in [0.2, 0.25) is 6.41 Å². The van der Waals surface area contributed by atoms with Crippen LogP contribution in [0.1, 0.15) is 5.69 Å². The number of anilines is 1. The molecule has 0 spiro atoms. The van der Waals surface area contributed by atoms with Crippen molar-refractivity contribution in [3.63, 3.8) is 0 Å². The van der Waals surface area contributed by atoms with Crippen LogP contribution in [0.2, 0.25) is 5.02 Å². The number of hydrogen-bond donors (Lipinski definition) is 1. The lowest BCUT2D eigenvalue weighted by Gasteiger charge is -2.11. The van der Waals surface area contributed by atoms with Gasteiger partial charge in [0.05, 0.1) is 10.7 Å². The van der Waals surface area contributed by atoms with E-state index >= 15 is 0 Å². The molecule has 0 atom stereocenters. The molecular weight excluding hydrogens is 495 g/mol. The van der Waals surface area contributed by atoms with Gasteiger partial charge in [0.25, 0.3) is 15.2 Å². The maximum atomic E-state index is 12.7. The molecule has 12 heteroatoms. The second kappa shape index (κ2) is 7.25. The van der Waals surface area contributed by atoms with Crippen LogP contribution in [0.3, 0.4) is 0 Å².